The first kappa shape index (κ1) is 12.3. The van der Waals surface area contributed by atoms with E-state index in [0.717, 1.165) is 32.7 Å². The molecular formula is C13H19FN2O. The van der Waals surface area contributed by atoms with Gasteiger partial charge in [-0.3, -0.25) is 4.90 Å². The Kier molecular flexibility index (Phi) is 3.97. The molecule has 1 aromatic carbocycles. The lowest BCUT2D eigenvalue weighted by Crippen LogP contribution is -2.45. The summed E-state index contributed by atoms with van der Waals surface area (Å²) in [6.07, 6.45) is 0. The minimum atomic E-state index is -0.287. The number of nitrogens with zero attached hydrogens (tertiary/aromatic N) is 2. The van der Waals surface area contributed by atoms with Gasteiger partial charge in [-0.25, -0.2) is 4.39 Å². The second kappa shape index (κ2) is 5.47. The van der Waals surface area contributed by atoms with E-state index in [9.17, 15) is 9.50 Å². The number of hydrogen-bond acceptors (Lipinski definition) is 3. The SMILES string of the molecule is CCN1CCN(Cc2cc(F)ccc2O)CC1. The molecule has 4 heteroatoms. The van der Waals surface area contributed by atoms with Gasteiger partial charge in [0.1, 0.15) is 11.6 Å². The standard InChI is InChI=1S/C13H19FN2O/c1-2-15-5-7-16(8-6-15)10-11-9-12(14)3-4-13(11)17/h3-4,9,17H,2,5-8,10H2,1H3. The average Bonchev–Trinajstić information content (AvgIpc) is 2.35. The van der Waals surface area contributed by atoms with Gasteiger partial charge in [0.15, 0.2) is 0 Å². The van der Waals surface area contributed by atoms with E-state index in [1.807, 2.05) is 0 Å². The lowest BCUT2D eigenvalue weighted by Gasteiger charge is -2.34. The first-order valence-electron chi connectivity index (χ1n) is 6.11. The molecule has 0 aromatic heterocycles. The van der Waals surface area contributed by atoms with Crippen molar-refractivity contribution in [3.05, 3.63) is 29.6 Å². The van der Waals surface area contributed by atoms with E-state index in [1.54, 1.807) is 0 Å². The maximum Gasteiger partial charge on any atom is 0.123 e. The fourth-order valence-corrected chi connectivity index (χ4v) is 2.19. The lowest BCUT2D eigenvalue weighted by molar-refractivity contribution is 0.131. The van der Waals surface area contributed by atoms with Crippen molar-refractivity contribution in [1.82, 2.24) is 9.80 Å². The minimum Gasteiger partial charge on any atom is -0.508 e. The monoisotopic (exact) mass is 238 g/mol. The molecule has 1 aromatic rings. The Labute approximate surface area is 101 Å². The molecule has 17 heavy (non-hydrogen) atoms. The van der Waals surface area contributed by atoms with Crippen LogP contribution in [0.3, 0.4) is 0 Å². The number of benzene rings is 1. The minimum absolute atomic E-state index is 0.185. The Hall–Kier alpha value is -1.13. The fraction of sp³-hybridized carbons (Fsp3) is 0.538. The first-order chi connectivity index (χ1) is 8.19. The number of phenols is 1. The number of likely N-dealkylation sites (N-methyl/N-ethyl adjacent to an activating group) is 1. The second-order valence-electron chi connectivity index (χ2n) is 4.48. The number of aromatic hydroxyl groups is 1. The van der Waals surface area contributed by atoms with Crippen molar-refractivity contribution in [2.24, 2.45) is 0 Å². The Balaban J connectivity index is 1.95. The van der Waals surface area contributed by atoms with Gasteiger partial charge in [0, 0.05) is 38.3 Å². The summed E-state index contributed by atoms with van der Waals surface area (Å²) >= 11 is 0. The summed E-state index contributed by atoms with van der Waals surface area (Å²) in [5.74, 6) is -0.102. The summed E-state index contributed by atoms with van der Waals surface area (Å²) in [5, 5.41) is 9.66. The van der Waals surface area contributed by atoms with E-state index < -0.39 is 0 Å². The molecule has 0 saturated carbocycles. The third-order valence-electron chi connectivity index (χ3n) is 3.35. The number of phenolic OH excluding ortho intramolecular Hbond substituents is 1. The van der Waals surface area contributed by atoms with E-state index in [2.05, 4.69) is 16.7 Å². The van der Waals surface area contributed by atoms with Gasteiger partial charge in [0.25, 0.3) is 0 Å². The van der Waals surface area contributed by atoms with E-state index in [1.165, 1.54) is 18.2 Å². The van der Waals surface area contributed by atoms with Crippen molar-refractivity contribution >= 4 is 0 Å². The largest absolute Gasteiger partial charge is 0.508 e. The summed E-state index contributed by atoms with van der Waals surface area (Å²) in [6.45, 7) is 7.92. The van der Waals surface area contributed by atoms with Crippen LogP contribution in [0.5, 0.6) is 5.75 Å². The fourth-order valence-electron chi connectivity index (χ4n) is 2.19. The van der Waals surface area contributed by atoms with Gasteiger partial charge in [-0.1, -0.05) is 6.92 Å². The van der Waals surface area contributed by atoms with Crippen LogP contribution in [0, 0.1) is 5.82 Å². The molecule has 1 aliphatic rings. The molecule has 0 amide bonds. The predicted octanol–water partition coefficient (Wildman–Crippen LogP) is 1.67. The zero-order chi connectivity index (χ0) is 12.3. The molecule has 0 bridgehead atoms. The third-order valence-corrected chi connectivity index (χ3v) is 3.35. The zero-order valence-corrected chi connectivity index (χ0v) is 10.2. The Morgan fingerprint density at radius 1 is 1.18 bits per heavy atom. The van der Waals surface area contributed by atoms with Gasteiger partial charge in [0.2, 0.25) is 0 Å². The van der Waals surface area contributed by atoms with Crippen LogP contribution in [-0.2, 0) is 6.54 Å². The molecule has 0 atom stereocenters. The van der Waals surface area contributed by atoms with E-state index in [0.29, 0.717) is 12.1 Å². The highest BCUT2D eigenvalue weighted by Crippen LogP contribution is 2.20. The highest BCUT2D eigenvalue weighted by atomic mass is 19.1. The molecule has 1 aliphatic heterocycles. The summed E-state index contributed by atoms with van der Waals surface area (Å²) in [7, 11) is 0. The number of hydrogen-bond donors (Lipinski definition) is 1. The maximum atomic E-state index is 13.1. The van der Waals surface area contributed by atoms with Crippen molar-refractivity contribution in [2.75, 3.05) is 32.7 Å². The summed E-state index contributed by atoms with van der Waals surface area (Å²) in [4.78, 5) is 4.64. The molecule has 0 unspecified atom stereocenters. The van der Waals surface area contributed by atoms with Gasteiger partial charge < -0.3 is 10.0 Å². The molecule has 94 valence electrons. The normalized spacial score (nSPS) is 18.5. The highest BCUT2D eigenvalue weighted by Gasteiger charge is 2.16. The quantitative estimate of drug-likeness (QED) is 0.867. The molecule has 1 fully saturated rings. The van der Waals surface area contributed by atoms with Crippen molar-refractivity contribution in [2.45, 2.75) is 13.5 Å². The molecule has 2 rings (SSSR count). The molecule has 1 N–H and O–H groups in total. The summed E-state index contributed by atoms with van der Waals surface area (Å²) in [6, 6.07) is 4.13. The van der Waals surface area contributed by atoms with E-state index in [4.69, 9.17) is 0 Å². The highest BCUT2D eigenvalue weighted by molar-refractivity contribution is 5.32. The van der Waals surface area contributed by atoms with Crippen molar-refractivity contribution in [1.29, 1.82) is 0 Å². The lowest BCUT2D eigenvalue weighted by atomic mass is 10.1. The predicted molar refractivity (Wildman–Crippen MR) is 65.5 cm³/mol. The summed E-state index contributed by atoms with van der Waals surface area (Å²) < 4.78 is 13.1. The number of piperazine rings is 1. The molecule has 0 aliphatic carbocycles. The molecular weight excluding hydrogens is 219 g/mol. The second-order valence-corrected chi connectivity index (χ2v) is 4.48. The van der Waals surface area contributed by atoms with Gasteiger partial charge in [-0.05, 0) is 24.7 Å². The van der Waals surface area contributed by atoms with Crippen LogP contribution in [-0.4, -0.2) is 47.6 Å². The van der Waals surface area contributed by atoms with Crippen molar-refractivity contribution in [3.63, 3.8) is 0 Å². The van der Waals surface area contributed by atoms with Gasteiger partial charge >= 0.3 is 0 Å². The smallest absolute Gasteiger partial charge is 0.123 e. The van der Waals surface area contributed by atoms with Crippen LogP contribution in [0.4, 0.5) is 4.39 Å². The van der Waals surface area contributed by atoms with Crippen LogP contribution < -0.4 is 0 Å². The third kappa shape index (κ3) is 3.17. The van der Waals surface area contributed by atoms with Crippen LogP contribution >= 0.6 is 0 Å². The van der Waals surface area contributed by atoms with Crippen molar-refractivity contribution in [3.8, 4) is 5.75 Å². The molecule has 0 spiro atoms. The topological polar surface area (TPSA) is 26.7 Å². The van der Waals surface area contributed by atoms with Crippen LogP contribution in [0.25, 0.3) is 0 Å². The molecule has 1 heterocycles. The van der Waals surface area contributed by atoms with E-state index >= 15 is 0 Å². The number of rotatable bonds is 3. The van der Waals surface area contributed by atoms with Crippen LogP contribution in [0.2, 0.25) is 0 Å². The molecule has 0 radical (unpaired) electrons. The van der Waals surface area contributed by atoms with Gasteiger partial charge in [-0.15, -0.1) is 0 Å². The Morgan fingerprint density at radius 2 is 1.82 bits per heavy atom. The Bertz CT molecular complexity index is 376. The van der Waals surface area contributed by atoms with Gasteiger partial charge in [-0.2, -0.15) is 0 Å². The summed E-state index contributed by atoms with van der Waals surface area (Å²) in [5.41, 5.74) is 0.676. The Morgan fingerprint density at radius 3 is 2.47 bits per heavy atom. The van der Waals surface area contributed by atoms with Gasteiger partial charge in [0.05, 0.1) is 0 Å². The van der Waals surface area contributed by atoms with Crippen LogP contribution in [0.15, 0.2) is 18.2 Å². The van der Waals surface area contributed by atoms with Crippen LogP contribution in [0.1, 0.15) is 12.5 Å². The molecule has 3 nitrogen and oxygen atoms in total. The zero-order valence-electron chi connectivity index (χ0n) is 10.2. The molecule has 1 saturated heterocycles. The maximum absolute atomic E-state index is 13.1. The average molecular weight is 238 g/mol. The number of halogens is 1. The van der Waals surface area contributed by atoms with E-state index in [-0.39, 0.29) is 11.6 Å². The van der Waals surface area contributed by atoms with Crippen molar-refractivity contribution < 1.29 is 9.50 Å². The first-order valence-corrected chi connectivity index (χ1v) is 6.11.